The molecule has 2 aliphatic heterocycles. The van der Waals surface area contributed by atoms with E-state index in [-0.39, 0.29) is 56.1 Å². The number of rotatable bonds is 9. The highest BCUT2D eigenvalue weighted by Gasteiger charge is 2.45. The Balaban J connectivity index is 2.13. The van der Waals surface area contributed by atoms with Crippen molar-refractivity contribution in [2.45, 2.75) is 91.0 Å². The normalized spacial score (nSPS) is 23.6. The van der Waals surface area contributed by atoms with Crippen molar-refractivity contribution in [3.8, 4) is 0 Å². The Bertz CT molecular complexity index is 775. The first-order valence-electron chi connectivity index (χ1n) is 11.6. The average Bonchev–Trinajstić information content (AvgIpc) is 3.36. The van der Waals surface area contributed by atoms with Crippen molar-refractivity contribution in [2.24, 2.45) is 5.41 Å². The summed E-state index contributed by atoms with van der Waals surface area (Å²) < 4.78 is 5.38. The maximum absolute atomic E-state index is 13.4. The third-order valence-electron chi connectivity index (χ3n) is 6.19. The van der Waals surface area contributed by atoms with Gasteiger partial charge in [0.1, 0.15) is 12.1 Å². The van der Waals surface area contributed by atoms with Gasteiger partial charge in [-0.3, -0.25) is 28.9 Å². The van der Waals surface area contributed by atoms with Gasteiger partial charge in [0.2, 0.25) is 11.8 Å². The lowest BCUT2D eigenvalue weighted by Gasteiger charge is -2.32. The number of hydrogen-bond acceptors (Lipinski definition) is 7. The number of ether oxygens (including phenoxy) is 1. The summed E-state index contributed by atoms with van der Waals surface area (Å²) in [5.74, 6) is -2.56. The highest BCUT2D eigenvalue weighted by molar-refractivity contribution is 5.94. The van der Waals surface area contributed by atoms with Gasteiger partial charge in [0.05, 0.1) is 32.0 Å². The zero-order chi connectivity index (χ0) is 24.9. The molecule has 10 nitrogen and oxygen atoms in total. The van der Waals surface area contributed by atoms with Gasteiger partial charge in [0, 0.05) is 17.9 Å². The van der Waals surface area contributed by atoms with Gasteiger partial charge in [0.25, 0.3) is 0 Å². The quantitative estimate of drug-likeness (QED) is 0.479. The van der Waals surface area contributed by atoms with E-state index in [4.69, 9.17) is 9.84 Å². The monoisotopic (exact) mass is 467 g/mol. The fourth-order valence-electron chi connectivity index (χ4n) is 4.24. The summed E-state index contributed by atoms with van der Waals surface area (Å²) in [5, 5.41) is 11.4. The van der Waals surface area contributed by atoms with Crippen LogP contribution in [0, 0.1) is 5.41 Å². The van der Waals surface area contributed by atoms with Crippen LogP contribution in [0.5, 0.6) is 0 Å². The average molecular weight is 468 g/mol. The smallest absolute Gasteiger partial charge is 0.306 e. The standard InChI is InChI=1S/C23H37N3O7/c1-14(2)25-10-6-7-16(25)22(32)26-13-15(33-20(30)9-8-19(28)29)11-17(26)21(31)24-12-18(27)23(3,4)5/h14-17H,6-13H2,1-5H3,(H,24,31)(H,28,29). The Morgan fingerprint density at radius 1 is 1.09 bits per heavy atom. The Morgan fingerprint density at radius 3 is 2.33 bits per heavy atom. The number of nitrogens with one attached hydrogen (secondary N) is 1. The lowest BCUT2D eigenvalue weighted by Crippen LogP contribution is -2.53. The minimum atomic E-state index is -1.11. The Morgan fingerprint density at radius 2 is 1.76 bits per heavy atom. The molecule has 0 aliphatic carbocycles. The van der Waals surface area contributed by atoms with E-state index >= 15 is 0 Å². The van der Waals surface area contributed by atoms with Crippen LogP contribution < -0.4 is 5.32 Å². The summed E-state index contributed by atoms with van der Waals surface area (Å²) in [5.41, 5.74) is -0.609. The van der Waals surface area contributed by atoms with E-state index in [0.717, 1.165) is 13.0 Å². The first-order chi connectivity index (χ1) is 15.3. The largest absolute Gasteiger partial charge is 0.481 e. The summed E-state index contributed by atoms with van der Waals surface area (Å²) in [6, 6.07) is -1.04. The lowest BCUT2D eigenvalue weighted by molar-refractivity contribution is -0.152. The fourth-order valence-corrected chi connectivity index (χ4v) is 4.24. The number of carbonyl (C=O) groups excluding carboxylic acids is 4. The summed E-state index contributed by atoms with van der Waals surface area (Å²) >= 11 is 0. The number of nitrogens with zero attached hydrogens (tertiary/aromatic N) is 2. The predicted octanol–water partition coefficient (Wildman–Crippen LogP) is 0.968. The van der Waals surface area contributed by atoms with Crippen LogP contribution in [0.4, 0.5) is 0 Å². The first kappa shape index (κ1) is 26.8. The molecule has 0 aromatic rings. The Labute approximate surface area is 195 Å². The van der Waals surface area contributed by atoms with Crippen molar-refractivity contribution in [1.82, 2.24) is 15.1 Å². The molecule has 0 radical (unpaired) electrons. The van der Waals surface area contributed by atoms with Crippen molar-refractivity contribution in [1.29, 1.82) is 0 Å². The molecule has 3 unspecified atom stereocenters. The molecule has 10 heteroatoms. The van der Waals surface area contributed by atoms with Crippen LogP contribution in [0.15, 0.2) is 0 Å². The molecule has 2 saturated heterocycles. The van der Waals surface area contributed by atoms with Crippen LogP contribution in [0.1, 0.15) is 66.7 Å². The fraction of sp³-hybridized carbons (Fsp3) is 0.783. The zero-order valence-electron chi connectivity index (χ0n) is 20.3. The highest BCUT2D eigenvalue weighted by atomic mass is 16.5. The molecule has 2 amide bonds. The third kappa shape index (κ3) is 7.25. The molecule has 2 aliphatic rings. The van der Waals surface area contributed by atoms with Crippen molar-refractivity contribution in [3.63, 3.8) is 0 Å². The number of carboxylic acid groups (broad SMARTS) is 1. The number of aliphatic carboxylic acids is 1. The molecule has 2 rings (SSSR count). The second kappa shape index (κ2) is 11.1. The minimum Gasteiger partial charge on any atom is -0.481 e. The summed E-state index contributed by atoms with van der Waals surface area (Å²) in [4.78, 5) is 65.0. The van der Waals surface area contributed by atoms with E-state index in [1.54, 1.807) is 20.8 Å². The minimum absolute atomic E-state index is 0.0609. The van der Waals surface area contributed by atoms with Crippen LogP contribution in [0.25, 0.3) is 0 Å². The zero-order valence-corrected chi connectivity index (χ0v) is 20.3. The molecule has 2 N–H and O–H groups in total. The van der Waals surface area contributed by atoms with Gasteiger partial charge < -0.3 is 20.1 Å². The van der Waals surface area contributed by atoms with Gasteiger partial charge in [-0.05, 0) is 33.2 Å². The Kier molecular flexibility index (Phi) is 8.99. The molecule has 0 saturated carbocycles. The van der Waals surface area contributed by atoms with E-state index in [2.05, 4.69) is 10.2 Å². The maximum Gasteiger partial charge on any atom is 0.306 e. The van der Waals surface area contributed by atoms with E-state index in [9.17, 15) is 24.0 Å². The molecular weight excluding hydrogens is 430 g/mol. The van der Waals surface area contributed by atoms with Gasteiger partial charge in [-0.1, -0.05) is 20.8 Å². The molecule has 0 bridgehead atoms. The van der Waals surface area contributed by atoms with E-state index < -0.39 is 35.4 Å². The number of carboxylic acids is 1. The van der Waals surface area contributed by atoms with Crippen LogP contribution in [0.2, 0.25) is 0 Å². The number of Topliss-reactive ketones (excluding diaryl/α,β-unsaturated/α-hetero) is 1. The number of carbonyl (C=O) groups is 5. The van der Waals surface area contributed by atoms with Gasteiger partial charge in [-0.15, -0.1) is 0 Å². The van der Waals surface area contributed by atoms with Crippen LogP contribution in [-0.2, 0) is 28.7 Å². The molecule has 2 fully saturated rings. The molecule has 3 atom stereocenters. The number of ketones is 1. The number of amides is 2. The van der Waals surface area contributed by atoms with Crippen molar-refractivity contribution < 1.29 is 33.8 Å². The second-order valence-corrected chi connectivity index (χ2v) is 10.1. The van der Waals surface area contributed by atoms with E-state index in [1.807, 2.05) is 13.8 Å². The van der Waals surface area contributed by atoms with E-state index in [1.165, 1.54) is 4.90 Å². The van der Waals surface area contributed by atoms with Gasteiger partial charge in [-0.25, -0.2) is 0 Å². The molecule has 0 spiro atoms. The van der Waals surface area contributed by atoms with Gasteiger partial charge >= 0.3 is 11.9 Å². The maximum atomic E-state index is 13.4. The Hall–Kier alpha value is -2.49. The number of likely N-dealkylation sites (tertiary alicyclic amines) is 2. The summed E-state index contributed by atoms with van der Waals surface area (Å²) in [7, 11) is 0. The van der Waals surface area contributed by atoms with Crippen LogP contribution >= 0.6 is 0 Å². The SMILES string of the molecule is CC(C)N1CCCC1C(=O)N1CC(OC(=O)CCC(=O)O)CC1C(=O)NCC(=O)C(C)(C)C. The topological polar surface area (TPSA) is 133 Å². The van der Waals surface area contributed by atoms with Gasteiger partial charge in [-0.2, -0.15) is 0 Å². The molecule has 0 aromatic heterocycles. The number of esters is 1. The molecular formula is C23H37N3O7. The van der Waals surface area contributed by atoms with Crippen molar-refractivity contribution in [2.75, 3.05) is 19.6 Å². The lowest BCUT2D eigenvalue weighted by atomic mass is 9.91. The van der Waals surface area contributed by atoms with Gasteiger partial charge in [0.15, 0.2) is 5.78 Å². The summed E-state index contributed by atoms with van der Waals surface area (Å²) in [6.07, 6.45) is 0.339. The van der Waals surface area contributed by atoms with Crippen molar-refractivity contribution >= 4 is 29.5 Å². The number of hydrogen-bond donors (Lipinski definition) is 2. The summed E-state index contributed by atoms with van der Waals surface area (Å²) in [6.45, 7) is 10.0. The van der Waals surface area contributed by atoms with Crippen LogP contribution in [-0.4, -0.2) is 88.3 Å². The second-order valence-electron chi connectivity index (χ2n) is 10.1. The van der Waals surface area contributed by atoms with E-state index in [0.29, 0.717) is 6.42 Å². The third-order valence-corrected chi connectivity index (χ3v) is 6.19. The van der Waals surface area contributed by atoms with Crippen molar-refractivity contribution in [3.05, 3.63) is 0 Å². The highest BCUT2D eigenvalue weighted by Crippen LogP contribution is 2.28. The molecule has 0 aromatic carbocycles. The molecule has 33 heavy (non-hydrogen) atoms. The first-order valence-corrected chi connectivity index (χ1v) is 11.6. The van der Waals surface area contributed by atoms with Crippen LogP contribution in [0.3, 0.4) is 0 Å². The molecule has 2 heterocycles. The predicted molar refractivity (Wildman–Crippen MR) is 119 cm³/mol. The molecule has 186 valence electrons.